The Hall–Kier alpha value is -4.85. The number of rotatable bonds is 9. The number of nitrogens with zero attached hydrogens (tertiary/aromatic N) is 2. The molecule has 2 aliphatic rings. The minimum Gasteiger partial charge on any atom is -0.489 e. The molecule has 2 amide bonds. The third-order valence-electron chi connectivity index (χ3n) is 8.46. The van der Waals surface area contributed by atoms with Gasteiger partial charge in [0.15, 0.2) is 17.4 Å². The minimum atomic E-state index is -3.18. The number of carbonyl (C=O) groups excluding carboxylic acids is 2. The zero-order valence-corrected chi connectivity index (χ0v) is 24.5. The monoisotopic (exact) mass is 642 g/mol. The van der Waals surface area contributed by atoms with E-state index >= 15 is 4.39 Å². The van der Waals surface area contributed by atoms with E-state index in [1.54, 1.807) is 13.0 Å². The Morgan fingerprint density at radius 3 is 2.52 bits per heavy atom. The van der Waals surface area contributed by atoms with Crippen LogP contribution in [-0.4, -0.2) is 46.7 Å². The Labute approximate surface area is 258 Å². The molecule has 1 aliphatic heterocycles. The molecule has 240 valence electrons. The van der Waals surface area contributed by atoms with Gasteiger partial charge in [0.2, 0.25) is 5.91 Å². The topological polar surface area (TPSA) is 137 Å². The van der Waals surface area contributed by atoms with E-state index in [0.717, 1.165) is 6.07 Å². The van der Waals surface area contributed by atoms with Crippen LogP contribution in [0.2, 0.25) is 0 Å². The number of fused-ring (bicyclic) bond motifs is 2. The van der Waals surface area contributed by atoms with Gasteiger partial charge >= 0.3 is 6.61 Å². The number of hydrogen-bond donors (Lipinski definition) is 3. The number of amides is 2. The lowest BCUT2D eigenvalue weighted by Gasteiger charge is -2.30. The molecule has 0 saturated heterocycles. The van der Waals surface area contributed by atoms with E-state index in [0.29, 0.717) is 35.9 Å². The molecule has 1 aliphatic carbocycles. The van der Waals surface area contributed by atoms with Crippen LogP contribution in [-0.2, 0) is 15.8 Å². The Bertz CT molecular complexity index is 1920. The number of nitrogens with two attached hydrogens (primary N) is 1. The highest BCUT2D eigenvalue weighted by atomic mass is 19.3. The molecule has 4 N–H and O–H groups in total. The molecule has 1 fully saturated rings. The molecular formula is C32H27F5N4O5. The highest BCUT2D eigenvalue weighted by Crippen LogP contribution is 2.50. The van der Waals surface area contributed by atoms with Crippen molar-refractivity contribution in [3.8, 4) is 22.8 Å². The molecule has 2 aromatic carbocycles. The fraction of sp³-hybridized carbons (Fsp3) is 0.312. The van der Waals surface area contributed by atoms with E-state index in [9.17, 15) is 32.3 Å². The molecule has 14 heteroatoms. The van der Waals surface area contributed by atoms with Crippen molar-refractivity contribution < 1.29 is 46.1 Å². The molecule has 46 heavy (non-hydrogen) atoms. The van der Waals surface area contributed by atoms with Crippen molar-refractivity contribution in [2.45, 2.75) is 44.3 Å². The zero-order chi connectivity index (χ0) is 33.1. The summed E-state index contributed by atoms with van der Waals surface area (Å²) in [6, 6.07) is 6.49. The van der Waals surface area contributed by atoms with Crippen molar-refractivity contribution in [2.24, 2.45) is 11.7 Å². The van der Waals surface area contributed by atoms with E-state index in [2.05, 4.69) is 20.0 Å². The summed E-state index contributed by atoms with van der Waals surface area (Å²) in [5.41, 5.74) is 2.34. The van der Waals surface area contributed by atoms with Crippen LogP contribution in [0.1, 0.15) is 46.9 Å². The summed E-state index contributed by atoms with van der Waals surface area (Å²) in [6.45, 7) is -0.686. The van der Waals surface area contributed by atoms with Crippen LogP contribution in [0.15, 0.2) is 42.6 Å². The lowest BCUT2D eigenvalue weighted by Crippen LogP contribution is -2.44. The maximum Gasteiger partial charge on any atom is 0.387 e. The van der Waals surface area contributed by atoms with Crippen molar-refractivity contribution in [3.63, 3.8) is 0 Å². The number of halogens is 5. The zero-order valence-electron chi connectivity index (χ0n) is 24.5. The van der Waals surface area contributed by atoms with Crippen LogP contribution in [0.4, 0.5) is 22.0 Å². The first-order chi connectivity index (χ1) is 21.7. The van der Waals surface area contributed by atoms with Crippen molar-refractivity contribution in [2.75, 3.05) is 13.2 Å². The number of ether oxygens (including phenoxy) is 2. The number of alkyl halides is 2. The number of aromatic nitrogens is 2. The first kappa shape index (κ1) is 31.1. The minimum absolute atomic E-state index is 0.0603. The summed E-state index contributed by atoms with van der Waals surface area (Å²) in [4.78, 5) is 34.5. The largest absolute Gasteiger partial charge is 0.489 e. The van der Waals surface area contributed by atoms with Crippen LogP contribution < -0.4 is 20.5 Å². The lowest BCUT2D eigenvalue weighted by atomic mass is 9.81. The van der Waals surface area contributed by atoms with Crippen LogP contribution >= 0.6 is 0 Å². The second-order valence-electron chi connectivity index (χ2n) is 11.8. The number of nitrogens with one attached hydrogen (secondary N) is 1. The van der Waals surface area contributed by atoms with Gasteiger partial charge in [-0.15, -0.1) is 0 Å². The van der Waals surface area contributed by atoms with E-state index in [-0.39, 0.29) is 46.1 Å². The molecule has 3 heterocycles. The van der Waals surface area contributed by atoms with Crippen molar-refractivity contribution in [1.29, 1.82) is 0 Å². The maximum absolute atomic E-state index is 15.0. The molecule has 0 bridgehead atoms. The van der Waals surface area contributed by atoms with E-state index < -0.39 is 64.9 Å². The van der Waals surface area contributed by atoms with Gasteiger partial charge in [0, 0.05) is 34.3 Å². The van der Waals surface area contributed by atoms with Crippen molar-refractivity contribution in [3.05, 3.63) is 82.4 Å². The van der Waals surface area contributed by atoms with E-state index in [1.165, 1.54) is 25.3 Å². The summed E-state index contributed by atoms with van der Waals surface area (Å²) < 4.78 is 79.8. The second kappa shape index (κ2) is 11.2. The maximum atomic E-state index is 15.0. The number of aryl methyl sites for hydroxylation is 1. The van der Waals surface area contributed by atoms with E-state index in [4.69, 9.17) is 10.5 Å². The average molecular weight is 643 g/mol. The number of hydrogen-bond acceptors (Lipinski definition) is 7. The Morgan fingerprint density at radius 1 is 1.13 bits per heavy atom. The number of aliphatic hydroxyl groups is 1. The van der Waals surface area contributed by atoms with Gasteiger partial charge in [0.25, 0.3) is 5.91 Å². The Balaban J connectivity index is 1.42. The van der Waals surface area contributed by atoms with Gasteiger partial charge < -0.3 is 25.6 Å². The van der Waals surface area contributed by atoms with Crippen LogP contribution in [0, 0.1) is 30.3 Å². The number of primary amides is 1. The Morgan fingerprint density at radius 2 is 1.85 bits per heavy atom. The quantitative estimate of drug-likeness (QED) is 0.177. The summed E-state index contributed by atoms with van der Waals surface area (Å²) >= 11 is 0. The first-order valence-corrected chi connectivity index (χ1v) is 14.2. The van der Waals surface area contributed by atoms with Gasteiger partial charge in [0.05, 0.1) is 12.2 Å². The predicted octanol–water partition coefficient (Wildman–Crippen LogP) is 4.79. The first-order valence-electron chi connectivity index (χ1n) is 14.2. The Kier molecular flexibility index (Phi) is 7.58. The van der Waals surface area contributed by atoms with Crippen LogP contribution in [0.3, 0.4) is 0 Å². The molecule has 1 saturated carbocycles. The van der Waals surface area contributed by atoms with Gasteiger partial charge in [-0.05, 0) is 68.5 Å². The lowest BCUT2D eigenvalue weighted by molar-refractivity contribution is -0.123. The highest BCUT2D eigenvalue weighted by molar-refractivity contribution is 6.00. The van der Waals surface area contributed by atoms with Crippen molar-refractivity contribution >= 4 is 22.7 Å². The van der Waals surface area contributed by atoms with E-state index in [1.807, 2.05) is 0 Å². The standard InChI is InChI=1S/C32H27F5N4O5/c1-14-5-15-6-16(7-23(46-30(36)37)25(15)39-11-14)28(42)40-12-32(44,17-3-4-17)24-9-19-27(45-13-31(19,2)29(38)43)26(41-24)18-8-21(34)22(35)10-20(18)33/h5-11,17,30,44H,3-4,12-13H2,1-2H3,(H2,38,43)(H,40,42)/t31-,32+/m0/s1. The second-order valence-corrected chi connectivity index (χ2v) is 11.8. The molecule has 0 spiro atoms. The molecule has 4 aromatic rings. The highest BCUT2D eigenvalue weighted by Gasteiger charge is 2.50. The molecule has 2 atom stereocenters. The fourth-order valence-electron chi connectivity index (χ4n) is 5.66. The van der Waals surface area contributed by atoms with Crippen LogP contribution in [0.5, 0.6) is 11.5 Å². The van der Waals surface area contributed by atoms with Gasteiger partial charge in [-0.1, -0.05) is 0 Å². The molecule has 6 rings (SSSR count). The number of carbonyl (C=O) groups is 2. The third kappa shape index (κ3) is 5.36. The third-order valence-corrected chi connectivity index (χ3v) is 8.46. The molecule has 0 unspecified atom stereocenters. The normalized spacial score (nSPS) is 18.6. The number of pyridine rings is 2. The summed E-state index contributed by atoms with van der Waals surface area (Å²) in [5.74, 6) is -6.39. The van der Waals surface area contributed by atoms with Gasteiger partial charge in [-0.3, -0.25) is 14.6 Å². The van der Waals surface area contributed by atoms with Crippen molar-refractivity contribution in [1.82, 2.24) is 15.3 Å². The van der Waals surface area contributed by atoms with Crippen LogP contribution in [0.25, 0.3) is 22.2 Å². The molecule has 2 aromatic heterocycles. The number of benzene rings is 2. The molecular weight excluding hydrogens is 615 g/mol. The van der Waals surface area contributed by atoms with Gasteiger partial charge in [-0.25, -0.2) is 18.2 Å². The summed E-state index contributed by atoms with van der Waals surface area (Å²) in [6.07, 6.45) is 2.49. The molecule has 0 radical (unpaired) electrons. The molecule has 9 nitrogen and oxygen atoms in total. The summed E-state index contributed by atoms with van der Waals surface area (Å²) in [7, 11) is 0. The summed E-state index contributed by atoms with van der Waals surface area (Å²) in [5, 5.41) is 15.1. The smallest absolute Gasteiger partial charge is 0.387 e. The van der Waals surface area contributed by atoms with Gasteiger partial charge in [-0.2, -0.15) is 8.78 Å². The fourth-order valence-corrected chi connectivity index (χ4v) is 5.66. The average Bonchev–Trinajstić information content (AvgIpc) is 3.80. The SMILES string of the molecule is Cc1cnc2c(OC(F)F)cc(C(=O)NC[C@](O)(c3cc4c(c(-c5cc(F)c(F)cc5F)n3)OC[C@]4(C)C(N)=O)C3CC3)cc2c1. The predicted molar refractivity (Wildman–Crippen MR) is 154 cm³/mol. The van der Waals surface area contributed by atoms with Gasteiger partial charge in [0.1, 0.15) is 40.4 Å².